The first-order chi connectivity index (χ1) is 11.9. The molecule has 0 bridgehead atoms. The Hall–Kier alpha value is -3.09. The summed E-state index contributed by atoms with van der Waals surface area (Å²) in [5, 5.41) is 9.82. The molecule has 0 unspecified atom stereocenters. The molecule has 0 radical (unpaired) electrons. The minimum Gasteiger partial charge on any atom is -0.507 e. The van der Waals surface area contributed by atoms with Gasteiger partial charge in [-0.3, -0.25) is 9.59 Å². The van der Waals surface area contributed by atoms with Crippen LogP contribution in [-0.2, 0) is 16.0 Å². The van der Waals surface area contributed by atoms with Gasteiger partial charge in [-0.2, -0.15) is 0 Å². The molecule has 0 atom stereocenters. The molecule has 0 aliphatic heterocycles. The summed E-state index contributed by atoms with van der Waals surface area (Å²) in [6.45, 7) is 1.42. The van der Waals surface area contributed by atoms with E-state index in [0.29, 0.717) is 17.9 Å². The molecule has 0 saturated carbocycles. The van der Waals surface area contributed by atoms with E-state index < -0.39 is 17.3 Å². The largest absolute Gasteiger partial charge is 0.507 e. The van der Waals surface area contributed by atoms with E-state index in [1.165, 1.54) is 13.2 Å². The van der Waals surface area contributed by atoms with Crippen LogP contribution in [0.4, 0.5) is 0 Å². The van der Waals surface area contributed by atoms with Gasteiger partial charge in [0.2, 0.25) is 0 Å². The number of hydrogen-bond acceptors (Lipinski definition) is 6. The first-order valence-electron chi connectivity index (χ1n) is 7.65. The number of ether oxygens (including phenoxy) is 2. The molecule has 0 aliphatic carbocycles. The van der Waals surface area contributed by atoms with E-state index in [0.717, 1.165) is 5.56 Å². The molecule has 7 heteroatoms. The maximum absolute atomic E-state index is 12.2. The van der Waals surface area contributed by atoms with Crippen LogP contribution < -0.4 is 10.3 Å². The predicted octanol–water partition coefficient (Wildman–Crippen LogP) is 1.76. The Labute approximate surface area is 144 Å². The van der Waals surface area contributed by atoms with Crippen molar-refractivity contribution in [2.75, 3.05) is 13.7 Å². The number of aromatic amines is 1. The van der Waals surface area contributed by atoms with Crippen LogP contribution in [0.3, 0.4) is 0 Å². The maximum Gasteiger partial charge on any atom is 0.343 e. The van der Waals surface area contributed by atoms with Crippen LogP contribution in [0.5, 0.6) is 11.5 Å². The minimum atomic E-state index is -0.599. The molecule has 132 valence electrons. The lowest BCUT2D eigenvalue weighted by Crippen LogP contribution is -2.19. The third-order valence-electron chi connectivity index (χ3n) is 3.55. The molecule has 2 aromatic rings. The summed E-state index contributed by atoms with van der Waals surface area (Å²) >= 11 is 0. The summed E-state index contributed by atoms with van der Waals surface area (Å²) in [5.41, 5.74) is 0.453. The normalized spacial score (nSPS) is 10.3. The van der Waals surface area contributed by atoms with Crippen LogP contribution in [0.15, 0.2) is 35.1 Å². The van der Waals surface area contributed by atoms with Crippen LogP contribution in [0.25, 0.3) is 0 Å². The molecular formula is C18H19NO6. The first-order valence-corrected chi connectivity index (χ1v) is 7.65. The molecule has 0 amide bonds. The highest BCUT2D eigenvalue weighted by Crippen LogP contribution is 2.18. The zero-order chi connectivity index (χ0) is 18.4. The second-order valence-corrected chi connectivity index (χ2v) is 5.48. The number of benzene rings is 1. The molecule has 0 spiro atoms. The zero-order valence-electron chi connectivity index (χ0n) is 14.0. The quantitative estimate of drug-likeness (QED) is 0.585. The minimum absolute atomic E-state index is 0.0557. The predicted molar refractivity (Wildman–Crippen MR) is 90.1 cm³/mol. The number of H-pyrrole nitrogens is 1. The number of carbonyl (C=O) groups is 2. The number of nitrogens with one attached hydrogen (secondary N) is 1. The smallest absolute Gasteiger partial charge is 0.343 e. The van der Waals surface area contributed by atoms with Crippen LogP contribution in [0.1, 0.15) is 28.0 Å². The van der Waals surface area contributed by atoms with Crippen molar-refractivity contribution in [3.8, 4) is 11.5 Å². The SMILES string of the molecule is COC(=O)COc1cccc(CCC(=O)c2c(O)cc(C)[nH]c2=O)c1. The van der Waals surface area contributed by atoms with E-state index >= 15 is 0 Å². The number of aryl methyl sites for hydroxylation is 2. The molecule has 2 rings (SSSR count). The number of carbonyl (C=O) groups excluding carboxylic acids is 2. The van der Waals surface area contributed by atoms with E-state index in [4.69, 9.17) is 4.74 Å². The molecule has 0 aliphatic rings. The number of Topliss-reactive ketones (excluding diaryl/α,β-unsaturated/α-hetero) is 1. The van der Waals surface area contributed by atoms with E-state index in [2.05, 4.69) is 9.72 Å². The van der Waals surface area contributed by atoms with Gasteiger partial charge in [0, 0.05) is 12.1 Å². The Morgan fingerprint density at radius 3 is 2.68 bits per heavy atom. The Balaban J connectivity index is 2.03. The van der Waals surface area contributed by atoms with Gasteiger partial charge >= 0.3 is 5.97 Å². The van der Waals surface area contributed by atoms with Gasteiger partial charge in [-0.25, -0.2) is 4.79 Å². The van der Waals surface area contributed by atoms with Gasteiger partial charge in [-0.1, -0.05) is 12.1 Å². The van der Waals surface area contributed by atoms with Crippen molar-refractivity contribution in [1.29, 1.82) is 0 Å². The summed E-state index contributed by atoms with van der Waals surface area (Å²) < 4.78 is 9.78. The Kier molecular flexibility index (Phi) is 5.94. The standard InChI is InChI=1S/C18H19NO6/c1-11-8-15(21)17(18(23)19-11)14(20)7-6-12-4-3-5-13(9-12)25-10-16(22)24-2/h3-5,8-9H,6-7,10H2,1-2H3,(H2,19,21,23). The number of rotatable bonds is 7. The second-order valence-electron chi connectivity index (χ2n) is 5.48. The fraction of sp³-hybridized carbons (Fsp3) is 0.278. The zero-order valence-corrected chi connectivity index (χ0v) is 14.0. The molecule has 0 saturated heterocycles. The van der Waals surface area contributed by atoms with Crippen molar-refractivity contribution in [3.63, 3.8) is 0 Å². The lowest BCUT2D eigenvalue weighted by atomic mass is 10.0. The van der Waals surface area contributed by atoms with Crippen LogP contribution in [-0.4, -0.2) is 35.6 Å². The lowest BCUT2D eigenvalue weighted by molar-refractivity contribution is -0.142. The van der Waals surface area contributed by atoms with Crippen molar-refractivity contribution in [2.24, 2.45) is 0 Å². The number of methoxy groups -OCH3 is 1. The summed E-state index contributed by atoms with van der Waals surface area (Å²) in [6, 6.07) is 8.27. The van der Waals surface area contributed by atoms with Crippen LogP contribution in [0.2, 0.25) is 0 Å². The number of pyridine rings is 1. The average Bonchev–Trinajstić information content (AvgIpc) is 2.57. The van der Waals surface area contributed by atoms with E-state index in [1.807, 2.05) is 0 Å². The highest BCUT2D eigenvalue weighted by Gasteiger charge is 2.16. The second kappa shape index (κ2) is 8.14. The Morgan fingerprint density at radius 2 is 2.00 bits per heavy atom. The summed E-state index contributed by atoms with van der Waals surface area (Å²) in [7, 11) is 1.27. The summed E-state index contributed by atoms with van der Waals surface area (Å²) in [4.78, 5) is 37.7. The molecule has 25 heavy (non-hydrogen) atoms. The molecule has 0 fully saturated rings. The Morgan fingerprint density at radius 1 is 1.24 bits per heavy atom. The molecule has 1 heterocycles. The van der Waals surface area contributed by atoms with Crippen molar-refractivity contribution >= 4 is 11.8 Å². The molecule has 1 aromatic carbocycles. The third kappa shape index (κ3) is 4.94. The van der Waals surface area contributed by atoms with Gasteiger partial charge in [-0.05, 0) is 37.1 Å². The van der Waals surface area contributed by atoms with E-state index in [-0.39, 0.29) is 24.3 Å². The van der Waals surface area contributed by atoms with Gasteiger partial charge in [0.25, 0.3) is 5.56 Å². The monoisotopic (exact) mass is 345 g/mol. The van der Waals surface area contributed by atoms with Crippen molar-refractivity contribution < 1.29 is 24.2 Å². The first kappa shape index (κ1) is 18.3. The van der Waals surface area contributed by atoms with E-state index in [1.54, 1.807) is 31.2 Å². The lowest BCUT2D eigenvalue weighted by Gasteiger charge is -2.07. The highest BCUT2D eigenvalue weighted by atomic mass is 16.6. The van der Waals surface area contributed by atoms with Crippen LogP contribution >= 0.6 is 0 Å². The van der Waals surface area contributed by atoms with Gasteiger partial charge in [0.15, 0.2) is 12.4 Å². The summed E-state index contributed by atoms with van der Waals surface area (Å²) in [6.07, 6.45) is 0.418. The van der Waals surface area contributed by atoms with Crippen molar-refractivity contribution in [2.45, 2.75) is 19.8 Å². The van der Waals surface area contributed by atoms with Gasteiger partial charge in [-0.15, -0.1) is 0 Å². The third-order valence-corrected chi connectivity index (χ3v) is 3.55. The van der Waals surface area contributed by atoms with Crippen LogP contribution in [0, 0.1) is 6.92 Å². The molecule has 7 nitrogen and oxygen atoms in total. The fourth-order valence-corrected chi connectivity index (χ4v) is 2.32. The maximum atomic E-state index is 12.2. The number of ketones is 1. The topological polar surface area (TPSA) is 106 Å². The van der Waals surface area contributed by atoms with Crippen molar-refractivity contribution in [3.05, 3.63) is 57.5 Å². The molecule has 2 N–H and O–H groups in total. The number of aromatic nitrogens is 1. The Bertz CT molecular complexity index is 840. The van der Waals surface area contributed by atoms with Gasteiger partial charge in [0.05, 0.1) is 7.11 Å². The van der Waals surface area contributed by atoms with Gasteiger partial charge < -0.3 is 19.6 Å². The molecule has 1 aromatic heterocycles. The number of hydrogen-bond donors (Lipinski definition) is 2. The average molecular weight is 345 g/mol. The van der Waals surface area contributed by atoms with E-state index in [9.17, 15) is 19.5 Å². The van der Waals surface area contributed by atoms with Gasteiger partial charge in [0.1, 0.15) is 17.1 Å². The van der Waals surface area contributed by atoms with Crippen molar-refractivity contribution in [1.82, 2.24) is 4.98 Å². The fourth-order valence-electron chi connectivity index (χ4n) is 2.32. The number of esters is 1. The number of aromatic hydroxyl groups is 1. The highest BCUT2D eigenvalue weighted by molar-refractivity contribution is 5.98. The molecular weight excluding hydrogens is 326 g/mol. The summed E-state index contributed by atoms with van der Waals surface area (Å²) in [5.74, 6) is -0.776.